The van der Waals surface area contributed by atoms with Gasteiger partial charge >= 0.3 is 0 Å². The van der Waals surface area contributed by atoms with Crippen molar-refractivity contribution < 1.29 is 0 Å². The van der Waals surface area contributed by atoms with Crippen molar-refractivity contribution in [1.82, 2.24) is 4.90 Å². The van der Waals surface area contributed by atoms with Gasteiger partial charge in [0.25, 0.3) is 0 Å². The standard InChI is InChI=1S/C8H17N3.2ClH/c1-4-8(10-7-9)5-6-11(2)3;;/h8-9H,4-6H2,1-3H3;2*1H. The summed E-state index contributed by atoms with van der Waals surface area (Å²) in [5, 5.41) is 6.69. The Bertz CT molecular complexity index is 144. The Kier molecular flexibility index (Phi) is 17.1. The van der Waals surface area contributed by atoms with Gasteiger partial charge in [0, 0.05) is 0 Å². The fraction of sp³-hybridized carbons (Fsp3) is 0.875. The quantitative estimate of drug-likeness (QED) is 0.720. The van der Waals surface area contributed by atoms with Crippen LogP contribution in [0.15, 0.2) is 4.99 Å². The molecule has 13 heavy (non-hydrogen) atoms. The minimum absolute atomic E-state index is 0. The SMILES string of the molecule is CCC(CCN(C)C)N=C=N.Cl.Cl. The fourth-order valence-corrected chi connectivity index (χ4v) is 0.858. The largest absolute Gasteiger partial charge is 0.309 e. The average molecular weight is 228 g/mol. The van der Waals surface area contributed by atoms with Crippen LogP contribution in [0.3, 0.4) is 0 Å². The predicted molar refractivity (Wildman–Crippen MR) is 61.9 cm³/mol. The lowest BCUT2D eigenvalue weighted by Crippen LogP contribution is -2.17. The van der Waals surface area contributed by atoms with E-state index in [0.29, 0.717) is 0 Å². The Hall–Kier alpha value is -0.0800. The molecule has 0 saturated carbocycles. The maximum atomic E-state index is 6.69. The lowest BCUT2D eigenvalue weighted by molar-refractivity contribution is 0.378. The number of nitrogens with zero attached hydrogens (tertiary/aromatic N) is 2. The Morgan fingerprint density at radius 3 is 2.23 bits per heavy atom. The monoisotopic (exact) mass is 227 g/mol. The summed E-state index contributed by atoms with van der Waals surface area (Å²) < 4.78 is 0. The molecule has 0 aliphatic carbocycles. The molecule has 0 aliphatic rings. The zero-order valence-electron chi connectivity index (χ0n) is 8.41. The van der Waals surface area contributed by atoms with Crippen LogP contribution >= 0.6 is 24.8 Å². The fourth-order valence-electron chi connectivity index (χ4n) is 0.858. The zero-order valence-corrected chi connectivity index (χ0v) is 10.0. The third-order valence-corrected chi connectivity index (χ3v) is 1.63. The smallest absolute Gasteiger partial charge is 0.0864 e. The second kappa shape index (κ2) is 11.9. The summed E-state index contributed by atoms with van der Waals surface area (Å²) in [6.07, 6.45) is 2.02. The molecule has 1 unspecified atom stereocenters. The Morgan fingerprint density at radius 2 is 1.92 bits per heavy atom. The molecule has 0 aliphatic heterocycles. The van der Waals surface area contributed by atoms with Crippen molar-refractivity contribution in [3.63, 3.8) is 0 Å². The van der Waals surface area contributed by atoms with Gasteiger partial charge in [-0.3, -0.25) is 0 Å². The minimum Gasteiger partial charge on any atom is -0.309 e. The van der Waals surface area contributed by atoms with Crippen LogP contribution in [-0.2, 0) is 0 Å². The summed E-state index contributed by atoms with van der Waals surface area (Å²) in [5.74, 6) is 0. The third kappa shape index (κ3) is 11.9. The topological polar surface area (TPSA) is 39.5 Å². The van der Waals surface area contributed by atoms with E-state index >= 15 is 0 Å². The van der Waals surface area contributed by atoms with Crippen molar-refractivity contribution in [3.8, 4) is 0 Å². The van der Waals surface area contributed by atoms with E-state index in [1.807, 2.05) is 14.1 Å². The van der Waals surface area contributed by atoms with E-state index in [9.17, 15) is 0 Å². The van der Waals surface area contributed by atoms with Crippen LogP contribution in [0.25, 0.3) is 0 Å². The number of halogens is 2. The lowest BCUT2D eigenvalue weighted by Gasteiger charge is -2.12. The van der Waals surface area contributed by atoms with Crippen molar-refractivity contribution in [3.05, 3.63) is 0 Å². The van der Waals surface area contributed by atoms with Crippen molar-refractivity contribution in [2.75, 3.05) is 20.6 Å². The summed E-state index contributed by atoms with van der Waals surface area (Å²) in [7, 11) is 4.09. The normalized spacial score (nSPS) is 10.8. The van der Waals surface area contributed by atoms with Crippen LogP contribution in [0.4, 0.5) is 0 Å². The zero-order chi connectivity index (χ0) is 8.69. The van der Waals surface area contributed by atoms with E-state index in [2.05, 4.69) is 22.8 Å². The van der Waals surface area contributed by atoms with Crippen LogP contribution in [0, 0.1) is 5.41 Å². The van der Waals surface area contributed by atoms with Crippen molar-refractivity contribution in [2.24, 2.45) is 4.99 Å². The molecule has 0 spiro atoms. The first-order valence-electron chi connectivity index (χ1n) is 3.97. The van der Waals surface area contributed by atoms with Gasteiger partial charge in [0.2, 0.25) is 0 Å². The van der Waals surface area contributed by atoms with Gasteiger partial charge in [-0.2, -0.15) is 0 Å². The van der Waals surface area contributed by atoms with Crippen LogP contribution in [-0.4, -0.2) is 37.6 Å². The number of rotatable bonds is 5. The van der Waals surface area contributed by atoms with E-state index in [1.54, 1.807) is 0 Å². The maximum Gasteiger partial charge on any atom is 0.0864 e. The highest BCUT2D eigenvalue weighted by atomic mass is 35.5. The van der Waals surface area contributed by atoms with E-state index < -0.39 is 0 Å². The summed E-state index contributed by atoms with van der Waals surface area (Å²) in [6.45, 7) is 3.12. The summed E-state index contributed by atoms with van der Waals surface area (Å²) in [5.41, 5.74) is 0. The van der Waals surface area contributed by atoms with Gasteiger partial charge in [-0.05, 0) is 33.5 Å². The number of nitrogens with one attached hydrogen (secondary N) is 1. The van der Waals surface area contributed by atoms with E-state index in [4.69, 9.17) is 5.41 Å². The third-order valence-electron chi connectivity index (χ3n) is 1.63. The van der Waals surface area contributed by atoms with E-state index in [0.717, 1.165) is 19.4 Å². The van der Waals surface area contributed by atoms with E-state index in [-0.39, 0.29) is 30.9 Å². The number of hydrogen-bond donors (Lipinski definition) is 1. The molecular weight excluding hydrogens is 209 g/mol. The second-order valence-electron chi connectivity index (χ2n) is 2.89. The first-order valence-corrected chi connectivity index (χ1v) is 3.97. The van der Waals surface area contributed by atoms with Crippen molar-refractivity contribution in [2.45, 2.75) is 25.8 Å². The number of hydrogen-bond acceptors (Lipinski definition) is 3. The minimum atomic E-state index is 0. The van der Waals surface area contributed by atoms with Crippen molar-refractivity contribution in [1.29, 1.82) is 5.41 Å². The average Bonchev–Trinajstić information content (AvgIpc) is 1.97. The first-order chi connectivity index (χ1) is 5.20. The van der Waals surface area contributed by atoms with Crippen LogP contribution in [0.1, 0.15) is 19.8 Å². The van der Waals surface area contributed by atoms with Gasteiger partial charge in [-0.1, -0.05) is 6.92 Å². The molecule has 0 bridgehead atoms. The Balaban J connectivity index is -0.000000500. The molecule has 0 fully saturated rings. The highest BCUT2D eigenvalue weighted by molar-refractivity contribution is 5.85. The molecule has 5 heteroatoms. The predicted octanol–water partition coefficient (Wildman–Crippen LogP) is 2.31. The van der Waals surface area contributed by atoms with Crippen molar-refractivity contribution >= 4 is 30.8 Å². The maximum absolute atomic E-state index is 6.69. The second-order valence-corrected chi connectivity index (χ2v) is 2.89. The first kappa shape index (κ1) is 18.7. The van der Waals surface area contributed by atoms with Gasteiger partial charge < -0.3 is 4.90 Å². The van der Waals surface area contributed by atoms with Gasteiger partial charge in [-0.25, -0.2) is 10.4 Å². The number of aliphatic imine (C=N–C) groups is 1. The molecule has 1 atom stereocenters. The Labute approximate surface area is 92.9 Å². The van der Waals surface area contributed by atoms with Gasteiger partial charge in [-0.15, -0.1) is 24.8 Å². The van der Waals surface area contributed by atoms with Gasteiger partial charge in [0.15, 0.2) is 0 Å². The molecule has 0 heterocycles. The molecule has 0 saturated heterocycles. The molecule has 0 aromatic rings. The molecule has 0 aromatic carbocycles. The van der Waals surface area contributed by atoms with Crippen LogP contribution < -0.4 is 0 Å². The molecule has 0 rings (SSSR count). The molecular formula is C8H19Cl2N3. The molecule has 1 N–H and O–H groups in total. The van der Waals surface area contributed by atoms with E-state index in [1.165, 1.54) is 0 Å². The molecule has 0 radical (unpaired) electrons. The van der Waals surface area contributed by atoms with Gasteiger partial charge in [0.1, 0.15) is 0 Å². The highest BCUT2D eigenvalue weighted by Crippen LogP contribution is 2.01. The van der Waals surface area contributed by atoms with Gasteiger partial charge in [0.05, 0.1) is 12.1 Å². The summed E-state index contributed by atoms with van der Waals surface area (Å²) in [4.78, 5) is 6.03. The summed E-state index contributed by atoms with van der Waals surface area (Å²) >= 11 is 0. The lowest BCUT2D eigenvalue weighted by atomic mass is 10.1. The van der Waals surface area contributed by atoms with Crippen LogP contribution in [0.2, 0.25) is 0 Å². The highest BCUT2D eigenvalue weighted by Gasteiger charge is 2.02. The molecule has 0 amide bonds. The van der Waals surface area contributed by atoms with Crippen LogP contribution in [0.5, 0.6) is 0 Å². The molecule has 0 aromatic heterocycles. The molecule has 80 valence electrons. The molecule has 3 nitrogen and oxygen atoms in total. The Morgan fingerprint density at radius 1 is 1.38 bits per heavy atom. The summed E-state index contributed by atoms with van der Waals surface area (Å²) in [6, 6.07) is 2.39.